The smallest absolute Gasteiger partial charge is 0.272 e. The zero-order valence-corrected chi connectivity index (χ0v) is 16.4. The Morgan fingerprint density at radius 1 is 1.04 bits per heavy atom. The van der Waals surface area contributed by atoms with Gasteiger partial charge in [0.15, 0.2) is 0 Å². The summed E-state index contributed by atoms with van der Waals surface area (Å²) in [7, 11) is 0. The fraction of sp³-hybridized carbons (Fsp3) is 0.400. The summed E-state index contributed by atoms with van der Waals surface area (Å²) in [5, 5.41) is 3.17. The SMILES string of the molecule is CC(=O)N1CCN(C(=O)c2cc(Nc3ccc(OC(C)C)cc3)ncn2)CC1. The number of amides is 2. The van der Waals surface area contributed by atoms with E-state index in [-0.39, 0.29) is 17.9 Å². The number of aromatic nitrogens is 2. The number of hydrogen-bond donors (Lipinski definition) is 1. The molecule has 1 aliphatic heterocycles. The zero-order chi connectivity index (χ0) is 20.1. The molecule has 28 heavy (non-hydrogen) atoms. The lowest BCUT2D eigenvalue weighted by Gasteiger charge is -2.34. The second-order valence-electron chi connectivity index (χ2n) is 6.90. The summed E-state index contributed by atoms with van der Waals surface area (Å²) in [4.78, 5) is 35.9. The van der Waals surface area contributed by atoms with E-state index >= 15 is 0 Å². The molecule has 8 heteroatoms. The molecule has 0 spiro atoms. The molecule has 148 valence electrons. The van der Waals surface area contributed by atoms with E-state index in [1.165, 1.54) is 6.33 Å². The van der Waals surface area contributed by atoms with Crippen molar-refractivity contribution >= 4 is 23.3 Å². The van der Waals surface area contributed by atoms with Crippen molar-refractivity contribution in [1.82, 2.24) is 19.8 Å². The number of nitrogens with one attached hydrogen (secondary N) is 1. The Morgan fingerprint density at radius 3 is 2.29 bits per heavy atom. The first-order valence-corrected chi connectivity index (χ1v) is 9.33. The van der Waals surface area contributed by atoms with Gasteiger partial charge in [0.2, 0.25) is 5.91 Å². The van der Waals surface area contributed by atoms with Gasteiger partial charge in [0.25, 0.3) is 5.91 Å². The molecule has 0 unspecified atom stereocenters. The predicted octanol–water partition coefficient (Wildman–Crippen LogP) is 2.31. The van der Waals surface area contributed by atoms with Crippen LogP contribution >= 0.6 is 0 Å². The highest BCUT2D eigenvalue weighted by Crippen LogP contribution is 2.20. The van der Waals surface area contributed by atoms with E-state index in [2.05, 4.69) is 15.3 Å². The average molecular weight is 383 g/mol. The molecule has 0 radical (unpaired) electrons. The van der Waals surface area contributed by atoms with Gasteiger partial charge in [-0.05, 0) is 38.1 Å². The Labute approximate surface area is 164 Å². The number of hydrogen-bond acceptors (Lipinski definition) is 6. The highest BCUT2D eigenvalue weighted by molar-refractivity contribution is 5.93. The van der Waals surface area contributed by atoms with Crippen LogP contribution in [0.25, 0.3) is 0 Å². The van der Waals surface area contributed by atoms with Crippen LogP contribution in [0.2, 0.25) is 0 Å². The lowest BCUT2D eigenvalue weighted by molar-refractivity contribution is -0.130. The molecule has 1 N–H and O–H groups in total. The summed E-state index contributed by atoms with van der Waals surface area (Å²) in [5.74, 6) is 1.21. The number of rotatable bonds is 5. The minimum atomic E-state index is -0.158. The van der Waals surface area contributed by atoms with Crippen molar-refractivity contribution in [2.24, 2.45) is 0 Å². The number of ether oxygens (including phenoxy) is 1. The van der Waals surface area contributed by atoms with Crippen molar-refractivity contribution in [1.29, 1.82) is 0 Å². The summed E-state index contributed by atoms with van der Waals surface area (Å²) in [6.07, 6.45) is 1.49. The standard InChI is InChI=1S/C20H25N5O3/c1-14(2)28-17-6-4-16(5-7-17)23-19-12-18(21-13-22-19)20(27)25-10-8-24(9-11-25)15(3)26/h4-7,12-14H,8-11H2,1-3H3,(H,21,22,23). The third-order valence-corrected chi connectivity index (χ3v) is 4.40. The van der Waals surface area contributed by atoms with E-state index in [0.717, 1.165) is 11.4 Å². The molecule has 1 aliphatic rings. The Morgan fingerprint density at radius 2 is 1.68 bits per heavy atom. The first-order chi connectivity index (χ1) is 13.4. The summed E-state index contributed by atoms with van der Waals surface area (Å²) < 4.78 is 5.63. The molecular formula is C20H25N5O3. The van der Waals surface area contributed by atoms with Gasteiger partial charge in [-0.1, -0.05) is 0 Å². The Balaban J connectivity index is 1.64. The Hall–Kier alpha value is -3.16. The third-order valence-electron chi connectivity index (χ3n) is 4.40. The number of benzene rings is 1. The lowest BCUT2D eigenvalue weighted by Crippen LogP contribution is -2.50. The number of anilines is 2. The fourth-order valence-corrected chi connectivity index (χ4v) is 2.97. The summed E-state index contributed by atoms with van der Waals surface area (Å²) in [6, 6.07) is 9.18. The molecular weight excluding hydrogens is 358 g/mol. The van der Waals surface area contributed by atoms with Crippen molar-refractivity contribution < 1.29 is 14.3 Å². The van der Waals surface area contributed by atoms with Gasteiger partial charge in [0.05, 0.1) is 6.10 Å². The van der Waals surface area contributed by atoms with Gasteiger partial charge in [-0.15, -0.1) is 0 Å². The van der Waals surface area contributed by atoms with Crippen LogP contribution in [0.1, 0.15) is 31.3 Å². The second kappa shape index (κ2) is 8.69. The van der Waals surface area contributed by atoms with Crippen molar-refractivity contribution in [2.75, 3.05) is 31.5 Å². The maximum atomic E-state index is 12.7. The Bertz CT molecular complexity index is 830. The van der Waals surface area contributed by atoms with Crippen LogP contribution in [-0.4, -0.2) is 63.9 Å². The minimum Gasteiger partial charge on any atom is -0.491 e. The highest BCUT2D eigenvalue weighted by atomic mass is 16.5. The summed E-state index contributed by atoms with van der Waals surface area (Å²) in [5.41, 5.74) is 1.16. The van der Waals surface area contributed by atoms with E-state index < -0.39 is 0 Å². The van der Waals surface area contributed by atoms with Crippen LogP contribution < -0.4 is 10.1 Å². The van der Waals surface area contributed by atoms with E-state index in [9.17, 15) is 9.59 Å². The van der Waals surface area contributed by atoms with Gasteiger partial charge in [-0.2, -0.15) is 0 Å². The number of piperazine rings is 1. The van der Waals surface area contributed by atoms with Gasteiger partial charge in [-0.3, -0.25) is 9.59 Å². The molecule has 1 aromatic carbocycles. The number of carbonyl (C=O) groups is 2. The predicted molar refractivity (Wildman–Crippen MR) is 106 cm³/mol. The van der Waals surface area contributed by atoms with Crippen molar-refractivity contribution in [2.45, 2.75) is 26.9 Å². The second-order valence-corrected chi connectivity index (χ2v) is 6.90. The van der Waals surface area contributed by atoms with Crippen LogP contribution in [0.4, 0.5) is 11.5 Å². The molecule has 1 fully saturated rings. The lowest BCUT2D eigenvalue weighted by atomic mass is 10.2. The van der Waals surface area contributed by atoms with Gasteiger partial charge in [-0.25, -0.2) is 9.97 Å². The topological polar surface area (TPSA) is 87.7 Å². The van der Waals surface area contributed by atoms with Crippen LogP contribution in [0.15, 0.2) is 36.7 Å². The maximum absolute atomic E-state index is 12.7. The summed E-state index contributed by atoms with van der Waals surface area (Å²) >= 11 is 0. The molecule has 2 aromatic rings. The van der Waals surface area contributed by atoms with E-state index in [1.54, 1.807) is 22.8 Å². The molecule has 8 nitrogen and oxygen atoms in total. The largest absolute Gasteiger partial charge is 0.491 e. The van der Waals surface area contributed by atoms with Gasteiger partial charge >= 0.3 is 0 Å². The fourth-order valence-electron chi connectivity index (χ4n) is 2.97. The number of carbonyl (C=O) groups excluding carboxylic acids is 2. The quantitative estimate of drug-likeness (QED) is 0.853. The summed E-state index contributed by atoms with van der Waals surface area (Å²) in [6.45, 7) is 7.59. The number of nitrogens with zero attached hydrogens (tertiary/aromatic N) is 4. The Kier molecular flexibility index (Phi) is 6.08. The first kappa shape index (κ1) is 19.6. The molecule has 3 rings (SSSR count). The van der Waals surface area contributed by atoms with Crippen molar-refractivity contribution in [3.05, 3.63) is 42.4 Å². The van der Waals surface area contributed by atoms with E-state index in [4.69, 9.17) is 4.74 Å². The van der Waals surface area contributed by atoms with Crippen LogP contribution in [0.3, 0.4) is 0 Å². The van der Waals surface area contributed by atoms with E-state index in [1.807, 2.05) is 38.1 Å². The van der Waals surface area contributed by atoms with Crippen LogP contribution in [0.5, 0.6) is 5.75 Å². The monoisotopic (exact) mass is 383 g/mol. The molecule has 2 heterocycles. The van der Waals surface area contributed by atoms with Crippen molar-refractivity contribution in [3.8, 4) is 5.75 Å². The maximum Gasteiger partial charge on any atom is 0.272 e. The van der Waals surface area contributed by atoms with Crippen molar-refractivity contribution in [3.63, 3.8) is 0 Å². The molecule has 0 saturated carbocycles. The van der Waals surface area contributed by atoms with Crippen LogP contribution in [0, 0.1) is 0 Å². The molecule has 0 atom stereocenters. The molecule has 2 amide bonds. The molecule has 1 aromatic heterocycles. The van der Waals surface area contributed by atoms with Gasteiger partial charge < -0.3 is 19.9 Å². The molecule has 0 bridgehead atoms. The minimum absolute atomic E-state index is 0.0328. The zero-order valence-electron chi connectivity index (χ0n) is 16.4. The van der Waals surface area contributed by atoms with Crippen LogP contribution in [-0.2, 0) is 4.79 Å². The normalized spacial score (nSPS) is 14.1. The van der Waals surface area contributed by atoms with Gasteiger partial charge in [0, 0.05) is 44.9 Å². The highest BCUT2D eigenvalue weighted by Gasteiger charge is 2.24. The van der Waals surface area contributed by atoms with Gasteiger partial charge in [0.1, 0.15) is 23.6 Å². The van der Waals surface area contributed by atoms with E-state index in [0.29, 0.717) is 37.7 Å². The molecule has 0 aliphatic carbocycles. The third kappa shape index (κ3) is 4.97. The molecule has 1 saturated heterocycles. The first-order valence-electron chi connectivity index (χ1n) is 9.33. The average Bonchev–Trinajstić information content (AvgIpc) is 2.69.